The molecule has 0 bridgehead atoms. The van der Waals surface area contributed by atoms with E-state index in [-0.39, 0.29) is 24.6 Å². The molecule has 0 heterocycles. The van der Waals surface area contributed by atoms with Crippen molar-refractivity contribution >= 4 is 14.6 Å². The molecular formula is C41H90O6P2. The van der Waals surface area contributed by atoms with Gasteiger partial charge in [-0.25, -0.2) is 0 Å². The van der Waals surface area contributed by atoms with Crippen LogP contribution >= 0.6 is 14.6 Å². The molecule has 0 aromatic rings. The van der Waals surface area contributed by atoms with E-state index in [2.05, 4.69) is 13.8 Å². The maximum atomic E-state index is 10.5. The van der Waals surface area contributed by atoms with Crippen LogP contribution in [0, 0.1) is 0 Å². The summed E-state index contributed by atoms with van der Waals surface area (Å²) in [6.45, 7) is 4.53. The Balaban J connectivity index is 3.69. The summed E-state index contributed by atoms with van der Waals surface area (Å²) < 4.78 is 0. The van der Waals surface area contributed by atoms with Gasteiger partial charge in [-0.1, -0.05) is 78.1 Å². The summed E-state index contributed by atoms with van der Waals surface area (Å²) in [4.78, 5) is 63.1. The Labute approximate surface area is 306 Å². The second kappa shape index (κ2) is 31.0. The van der Waals surface area contributed by atoms with Gasteiger partial charge in [0, 0.05) is 0 Å². The van der Waals surface area contributed by atoms with Crippen LogP contribution < -0.4 is 0 Å². The molecule has 0 spiro atoms. The van der Waals surface area contributed by atoms with Crippen LogP contribution in [0.5, 0.6) is 0 Å². The second-order valence-electron chi connectivity index (χ2n) is 16.2. The van der Waals surface area contributed by atoms with Crippen molar-refractivity contribution in [1.29, 1.82) is 0 Å². The SMILES string of the molecule is CCCCCCCCCCCCCCCCCCP(O)(O)(O)CCCCCP(O)(O)(O)CCCCCCCCCCCCCCCCCC. The third-order valence-electron chi connectivity index (χ3n) is 10.7. The first kappa shape index (κ1) is 49.6. The minimum Gasteiger partial charge on any atom is -0.0654 e. The smallest absolute Gasteiger partial charge is 0.0654 e. The normalized spacial score (nSPS) is 14.1. The van der Waals surface area contributed by atoms with Crippen molar-refractivity contribution in [2.24, 2.45) is 0 Å². The molecule has 0 atom stereocenters. The van der Waals surface area contributed by atoms with E-state index >= 15 is 0 Å². The molecule has 0 amide bonds. The monoisotopic (exact) mass is 741 g/mol. The molecule has 0 aliphatic heterocycles. The average molecular weight is 741 g/mol. The Hall–Kier alpha value is 0.620. The van der Waals surface area contributed by atoms with Crippen LogP contribution in [0.15, 0.2) is 0 Å². The molecule has 8 heteroatoms. The minimum atomic E-state index is -4.63. The maximum absolute atomic E-state index is 10.5. The van der Waals surface area contributed by atoms with Crippen molar-refractivity contribution in [2.45, 2.75) is 239 Å². The van der Waals surface area contributed by atoms with Crippen molar-refractivity contribution in [2.75, 3.05) is 24.6 Å². The first-order valence-electron chi connectivity index (χ1n) is 21.9. The van der Waals surface area contributed by atoms with Crippen LogP contribution in [0.1, 0.15) is 239 Å². The summed E-state index contributed by atoms with van der Waals surface area (Å²) in [6, 6.07) is 0. The summed E-state index contributed by atoms with van der Waals surface area (Å²) in [5.74, 6) is 0. The van der Waals surface area contributed by atoms with Crippen LogP contribution in [0.2, 0.25) is 0 Å². The van der Waals surface area contributed by atoms with E-state index in [1.807, 2.05) is 0 Å². The van der Waals surface area contributed by atoms with Gasteiger partial charge in [-0.05, 0) is 0 Å². The van der Waals surface area contributed by atoms with Gasteiger partial charge in [0.2, 0.25) is 0 Å². The summed E-state index contributed by atoms with van der Waals surface area (Å²) in [5, 5.41) is 0. The van der Waals surface area contributed by atoms with E-state index < -0.39 is 14.6 Å². The Kier molecular flexibility index (Phi) is 31.4. The zero-order chi connectivity index (χ0) is 36.5. The molecule has 300 valence electrons. The average Bonchev–Trinajstić information content (AvgIpc) is 3.03. The van der Waals surface area contributed by atoms with Gasteiger partial charge in [0.05, 0.1) is 0 Å². The van der Waals surface area contributed by atoms with E-state index in [4.69, 9.17) is 0 Å². The van der Waals surface area contributed by atoms with Crippen molar-refractivity contribution in [3.8, 4) is 0 Å². The molecule has 6 N–H and O–H groups in total. The molecule has 0 aromatic carbocycles. The van der Waals surface area contributed by atoms with Crippen LogP contribution in [0.4, 0.5) is 0 Å². The third-order valence-corrected chi connectivity index (χ3v) is 15.6. The molecule has 0 fully saturated rings. The Morgan fingerprint density at radius 3 is 0.490 bits per heavy atom. The van der Waals surface area contributed by atoms with Crippen LogP contribution in [-0.4, -0.2) is 54.0 Å². The number of hydrogen-bond acceptors (Lipinski definition) is 6. The number of rotatable bonds is 40. The molecule has 49 heavy (non-hydrogen) atoms. The Bertz CT molecular complexity index is 646. The molecule has 0 rings (SSSR count). The second-order valence-corrected chi connectivity index (χ2v) is 23.4. The zero-order valence-electron chi connectivity index (χ0n) is 33.2. The zero-order valence-corrected chi connectivity index (χ0v) is 34.9. The van der Waals surface area contributed by atoms with E-state index in [0.29, 0.717) is 32.1 Å². The van der Waals surface area contributed by atoms with Crippen LogP contribution in [-0.2, 0) is 0 Å². The van der Waals surface area contributed by atoms with Gasteiger partial charge < -0.3 is 0 Å². The fourth-order valence-electron chi connectivity index (χ4n) is 7.24. The van der Waals surface area contributed by atoms with Gasteiger partial charge in [-0.3, -0.25) is 0 Å². The summed E-state index contributed by atoms with van der Waals surface area (Å²) in [5.41, 5.74) is 0. The third kappa shape index (κ3) is 38.2. The van der Waals surface area contributed by atoms with Gasteiger partial charge >= 0.3 is 229 Å². The van der Waals surface area contributed by atoms with E-state index in [1.165, 1.54) is 167 Å². The van der Waals surface area contributed by atoms with Crippen molar-refractivity contribution in [1.82, 2.24) is 0 Å². The van der Waals surface area contributed by atoms with Crippen LogP contribution in [0.25, 0.3) is 0 Å². The first-order chi connectivity index (χ1) is 23.4. The molecule has 0 aliphatic carbocycles. The predicted octanol–water partition coefficient (Wildman–Crippen LogP) is 13.2. The van der Waals surface area contributed by atoms with E-state index in [9.17, 15) is 29.4 Å². The fraction of sp³-hybridized carbons (Fsp3) is 1.00. The van der Waals surface area contributed by atoms with Crippen molar-refractivity contribution in [3.63, 3.8) is 0 Å². The molecule has 0 saturated heterocycles. The summed E-state index contributed by atoms with van der Waals surface area (Å²) >= 11 is 0. The molecule has 0 saturated carbocycles. The molecule has 6 nitrogen and oxygen atoms in total. The van der Waals surface area contributed by atoms with Gasteiger partial charge in [0.25, 0.3) is 0 Å². The van der Waals surface area contributed by atoms with Gasteiger partial charge in [0.1, 0.15) is 0 Å². The van der Waals surface area contributed by atoms with Gasteiger partial charge in [-0.2, -0.15) is 0 Å². The molecular weight excluding hydrogens is 650 g/mol. The Morgan fingerprint density at radius 2 is 0.327 bits per heavy atom. The van der Waals surface area contributed by atoms with Gasteiger partial charge in [-0.15, -0.1) is 0 Å². The van der Waals surface area contributed by atoms with Crippen molar-refractivity contribution < 1.29 is 29.4 Å². The predicted molar refractivity (Wildman–Crippen MR) is 220 cm³/mol. The summed E-state index contributed by atoms with van der Waals surface area (Å²) in [7, 11) is -9.27. The topological polar surface area (TPSA) is 121 Å². The van der Waals surface area contributed by atoms with E-state index in [0.717, 1.165) is 25.7 Å². The van der Waals surface area contributed by atoms with E-state index in [1.54, 1.807) is 0 Å². The molecule has 0 aromatic heterocycles. The molecule has 0 radical (unpaired) electrons. The van der Waals surface area contributed by atoms with Crippen molar-refractivity contribution in [3.05, 3.63) is 0 Å². The minimum absolute atomic E-state index is 0.0400. The standard InChI is InChI=1S/C41H90O6P2/c1-3-5-7-9-11-13-15-17-19-21-23-25-27-29-31-34-38-48(42,43,44)40-36-33-37-41-49(45,46,47)39-35-32-30-28-26-24-22-20-18-16-14-12-10-8-6-4-2/h42-47H,3-41H2,1-2H3. The van der Waals surface area contributed by atoms with Crippen LogP contribution in [0.3, 0.4) is 0 Å². The number of unbranched alkanes of at least 4 members (excludes halogenated alkanes) is 32. The fourth-order valence-corrected chi connectivity index (χ4v) is 11.2. The van der Waals surface area contributed by atoms with Gasteiger partial charge in [0.15, 0.2) is 0 Å². The molecule has 0 unspecified atom stereocenters. The first-order valence-corrected chi connectivity index (χ1v) is 26.8. The quantitative estimate of drug-likeness (QED) is 0.0275. The number of hydrogen-bond donors (Lipinski definition) is 6. The Morgan fingerprint density at radius 1 is 0.204 bits per heavy atom. The molecule has 0 aliphatic rings. The summed E-state index contributed by atoms with van der Waals surface area (Å²) in [6.07, 6.45) is 41.4.